The van der Waals surface area contributed by atoms with Crippen LogP contribution in [0.3, 0.4) is 0 Å². The summed E-state index contributed by atoms with van der Waals surface area (Å²) in [5, 5.41) is 14.4. The van der Waals surface area contributed by atoms with Crippen molar-refractivity contribution >= 4 is 17.5 Å². The molecule has 2 N–H and O–H groups in total. The molecule has 1 heterocycles. The Morgan fingerprint density at radius 2 is 1.84 bits per heavy atom. The van der Waals surface area contributed by atoms with Crippen LogP contribution < -0.4 is 10.6 Å². The van der Waals surface area contributed by atoms with Crippen LogP contribution in [0.25, 0.3) is 0 Å². The van der Waals surface area contributed by atoms with E-state index in [1.54, 1.807) is 18.3 Å². The average Bonchev–Trinajstić information content (AvgIpc) is 2.64. The van der Waals surface area contributed by atoms with Crippen LogP contribution >= 0.6 is 0 Å². The molecule has 0 saturated heterocycles. The normalized spacial score (nSPS) is 10.5. The standard InChI is InChI=1S/C19H20FN5/c1-2-15-5-3-4-6-17(15)23-18-13-22-25-19(24-18)21-12-11-14-7-9-16(20)10-8-14/h3-10,13H,2,11-12H2,1H3,(H2,21,23,24,25). The lowest BCUT2D eigenvalue weighted by molar-refractivity contribution is 0.627. The number of aromatic nitrogens is 3. The van der Waals surface area contributed by atoms with Crippen LogP contribution in [0, 0.1) is 5.82 Å². The number of rotatable bonds is 7. The van der Waals surface area contributed by atoms with Crippen LogP contribution in [-0.2, 0) is 12.8 Å². The van der Waals surface area contributed by atoms with Gasteiger partial charge in [0, 0.05) is 12.2 Å². The summed E-state index contributed by atoms with van der Waals surface area (Å²) in [6.07, 6.45) is 3.28. The fourth-order valence-corrected chi connectivity index (χ4v) is 2.50. The molecule has 0 bridgehead atoms. The molecule has 0 amide bonds. The summed E-state index contributed by atoms with van der Waals surface area (Å²) >= 11 is 0. The van der Waals surface area contributed by atoms with E-state index in [2.05, 4.69) is 38.8 Å². The Morgan fingerprint density at radius 1 is 1.04 bits per heavy atom. The minimum atomic E-state index is -0.227. The van der Waals surface area contributed by atoms with Gasteiger partial charge in [-0.2, -0.15) is 10.1 Å². The lowest BCUT2D eigenvalue weighted by atomic mass is 10.1. The molecule has 0 spiro atoms. The van der Waals surface area contributed by atoms with E-state index in [4.69, 9.17) is 0 Å². The number of halogens is 1. The number of hydrogen-bond acceptors (Lipinski definition) is 5. The van der Waals surface area contributed by atoms with Gasteiger partial charge in [-0.05, 0) is 42.2 Å². The molecular weight excluding hydrogens is 317 g/mol. The predicted molar refractivity (Wildman–Crippen MR) is 97.5 cm³/mol. The Hall–Kier alpha value is -3.02. The molecule has 0 saturated carbocycles. The van der Waals surface area contributed by atoms with Gasteiger partial charge in [-0.15, -0.1) is 5.10 Å². The molecule has 0 atom stereocenters. The molecule has 0 fully saturated rings. The zero-order valence-electron chi connectivity index (χ0n) is 14.0. The summed E-state index contributed by atoms with van der Waals surface area (Å²) in [6.45, 7) is 2.75. The van der Waals surface area contributed by atoms with Crippen molar-refractivity contribution < 1.29 is 4.39 Å². The Morgan fingerprint density at radius 3 is 2.64 bits per heavy atom. The van der Waals surface area contributed by atoms with Crippen molar-refractivity contribution in [3.8, 4) is 0 Å². The van der Waals surface area contributed by atoms with E-state index in [0.717, 1.165) is 24.1 Å². The van der Waals surface area contributed by atoms with Gasteiger partial charge in [0.1, 0.15) is 5.82 Å². The van der Waals surface area contributed by atoms with Crippen LogP contribution in [0.1, 0.15) is 18.1 Å². The fourth-order valence-electron chi connectivity index (χ4n) is 2.50. The zero-order chi connectivity index (χ0) is 17.5. The van der Waals surface area contributed by atoms with E-state index in [1.807, 2.05) is 18.2 Å². The maximum atomic E-state index is 12.9. The lowest BCUT2D eigenvalue weighted by Crippen LogP contribution is -2.10. The third kappa shape index (κ3) is 4.73. The van der Waals surface area contributed by atoms with E-state index in [0.29, 0.717) is 18.3 Å². The number of aryl methyl sites for hydroxylation is 1. The number of nitrogens with one attached hydrogen (secondary N) is 2. The monoisotopic (exact) mass is 337 g/mol. The molecule has 0 aliphatic rings. The highest BCUT2D eigenvalue weighted by molar-refractivity contribution is 5.60. The van der Waals surface area contributed by atoms with E-state index >= 15 is 0 Å². The van der Waals surface area contributed by atoms with Crippen molar-refractivity contribution in [3.05, 3.63) is 71.7 Å². The smallest absolute Gasteiger partial charge is 0.244 e. The van der Waals surface area contributed by atoms with Gasteiger partial charge in [0.05, 0.1) is 6.20 Å². The third-order valence-corrected chi connectivity index (χ3v) is 3.83. The molecule has 0 radical (unpaired) electrons. The molecule has 1 aromatic heterocycles. The number of para-hydroxylation sites is 1. The first-order valence-electron chi connectivity index (χ1n) is 8.27. The largest absolute Gasteiger partial charge is 0.353 e. The second kappa shape index (κ2) is 8.19. The molecule has 25 heavy (non-hydrogen) atoms. The summed E-state index contributed by atoms with van der Waals surface area (Å²) in [7, 11) is 0. The van der Waals surface area contributed by atoms with Crippen LogP contribution in [0.5, 0.6) is 0 Å². The molecule has 128 valence electrons. The van der Waals surface area contributed by atoms with Crippen LogP contribution in [0.15, 0.2) is 54.7 Å². The van der Waals surface area contributed by atoms with Crippen LogP contribution in [-0.4, -0.2) is 21.7 Å². The maximum Gasteiger partial charge on any atom is 0.244 e. The second-order valence-corrected chi connectivity index (χ2v) is 5.60. The van der Waals surface area contributed by atoms with Crippen molar-refractivity contribution in [3.63, 3.8) is 0 Å². The maximum absolute atomic E-state index is 12.9. The summed E-state index contributed by atoms with van der Waals surface area (Å²) < 4.78 is 12.9. The highest BCUT2D eigenvalue weighted by Crippen LogP contribution is 2.19. The van der Waals surface area contributed by atoms with Gasteiger partial charge in [0.2, 0.25) is 5.95 Å². The van der Waals surface area contributed by atoms with Gasteiger partial charge in [-0.3, -0.25) is 0 Å². The number of anilines is 3. The van der Waals surface area contributed by atoms with E-state index in [-0.39, 0.29) is 5.82 Å². The van der Waals surface area contributed by atoms with Crippen molar-refractivity contribution in [1.29, 1.82) is 0 Å². The van der Waals surface area contributed by atoms with Gasteiger partial charge in [-0.25, -0.2) is 4.39 Å². The zero-order valence-corrected chi connectivity index (χ0v) is 14.0. The first-order chi connectivity index (χ1) is 12.2. The van der Waals surface area contributed by atoms with Gasteiger partial charge in [-0.1, -0.05) is 37.3 Å². The first kappa shape index (κ1) is 16.8. The van der Waals surface area contributed by atoms with Crippen molar-refractivity contribution in [2.24, 2.45) is 0 Å². The predicted octanol–water partition coefficient (Wildman–Crippen LogP) is 3.97. The Balaban J connectivity index is 1.60. The summed E-state index contributed by atoms with van der Waals surface area (Å²) in [5.41, 5.74) is 3.28. The van der Waals surface area contributed by atoms with Gasteiger partial charge < -0.3 is 10.6 Å². The fraction of sp³-hybridized carbons (Fsp3) is 0.211. The lowest BCUT2D eigenvalue weighted by Gasteiger charge is -2.10. The summed E-state index contributed by atoms with van der Waals surface area (Å²) in [5.74, 6) is 0.872. The van der Waals surface area contributed by atoms with E-state index in [9.17, 15) is 4.39 Å². The second-order valence-electron chi connectivity index (χ2n) is 5.60. The molecule has 2 aromatic carbocycles. The minimum Gasteiger partial charge on any atom is -0.353 e. The summed E-state index contributed by atoms with van der Waals surface area (Å²) in [4.78, 5) is 4.43. The first-order valence-corrected chi connectivity index (χ1v) is 8.27. The van der Waals surface area contributed by atoms with Gasteiger partial charge in [0.25, 0.3) is 0 Å². The Labute approximate surface area is 146 Å². The molecule has 0 aliphatic carbocycles. The highest BCUT2D eigenvalue weighted by Gasteiger charge is 2.04. The van der Waals surface area contributed by atoms with Gasteiger partial charge >= 0.3 is 0 Å². The molecule has 0 aliphatic heterocycles. The van der Waals surface area contributed by atoms with Gasteiger partial charge in [0.15, 0.2) is 5.82 Å². The topological polar surface area (TPSA) is 62.7 Å². The quantitative estimate of drug-likeness (QED) is 0.683. The van der Waals surface area contributed by atoms with Crippen LogP contribution in [0.2, 0.25) is 0 Å². The highest BCUT2D eigenvalue weighted by atomic mass is 19.1. The van der Waals surface area contributed by atoms with Crippen molar-refractivity contribution in [2.75, 3.05) is 17.2 Å². The SMILES string of the molecule is CCc1ccccc1Nc1cnnc(NCCc2ccc(F)cc2)n1. The molecule has 6 heteroatoms. The third-order valence-electron chi connectivity index (χ3n) is 3.83. The van der Waals surface area contributed by atoms with E-state index < -0.39 is 0 Å². The molecular formula is C19H20FN5. The number of benzene rings is 2. The van der Waals surface area contributed by atoms with E-state index in [1.165, 1.54) is 17.7 Å². The molecule has 3 rings (SSSR count). The van der Waals surface area contributed by atoms with Crippen molar-refractivity contribution in [2.45, 2.75) is 19.8 Å². The number of nitrogens with zero attached hydrogens (tertiary/aromatic N) is 3. The van der Waals surface area contributed by atoms with Crippen LogP contribution in [0.4, 0.5) is 21.8 Å². The average molecular weight is 337 g/mol. The summed E-state index contributed by atoms with van der Waals surface area (Å²) in [6, 6.07) is 14.6. The number of hydrogen-bond donors (Lipinski definition) is 2. The van der Waals surface area contributed by atoms with Crippen molar-refractivity contribution in [1.82, 2.24) is 15.2 Å². The molecule has 3 aromatic rings. The molecule has 0 unspecified atom stereocenters. The molecule has 5 nitrogen and oxygen atoms in total. The Kier molecular flexibility index (Phi) is 5.51. The Bertz CT molecular complexity index is 820. The minimum absolute atomic E-state index is 0.227.